The Bertz CT molecular complexity index is 337. The Hall–Kier alpha value is -0.573. The minimum Gasteiger partial charge on any atom is -0.481 e. The number of carboxylic acids is 1. The summed E-state index contributed by atoms with van der Waals surface area (Å²) in [6, 6.07) is 0. The molecule has 3 heteroatoms. The van der Waals surface area contributed by atoms with Crippen LogP contribution in [0.5, 0.6) is 0 Å². The molecule has 0 saturated heterocycles. The number of hydrogen-bond acceptors (Lipinski definition) is 1. The molecular formula is C15H28O2Si. The zero-order chi connectivity index (χ0) is 14.0. The average Bonchev–Trinajstić information content (AvgIpc) is 2.18. The summed E-state index contributed by atoms with van der Waals surface area (Å²) in [4.78, 5) is 11.0. The summed E-state index contributed by atoms with van der Waals surface area (Å²) in [6.45, 7) is 11.7. The van der Waals surface area contributed by atoms with Crippen LogP contribution in [-0.4, -0.2) is 19.1 Å². The van der Waals surface area contributed by atoms with Crippen molar-refractivity contribution in [2.45, 2.75) is 71.0 Å². The highest BCUT2D eigenvalue weighted by Gasteiger charge is 2.34. The summed E-state index contributed by atoms with van der Waals surface area (Å²) in [5, 5.41) is 9.36. The average molecular weight is 268 g/mol. The Labute approximate surface area is 112 Å². The summed E-state index contributed by atoms with van der Waals surface area (Å²) < 4.78 is 0. The molecule has 0 radical (unpaired) electrons. The third-order valence-corrected chi connectivity index (χ3v) is 9.65. The van der Waals surface area contributed by atoms with Crippen LogP contribution in [0, 0.1) is 5.92 Å². The van der Waals surface area contributed by atoms with Crippen LogP contribution in [0.2, 0.25) is 18.1 Å². The molecule has 0 bridgehead atoms. The van der Waals surface area contributed by atoms with Gasteiger partial charge in [0.05, 0.1) is 14.5 Å². The molecule has 1 aliphatic rings. The monoisotopic (exact) mass is 268 g/mol. The van der Waals surface area contributed by atoms with Crippen LogP contribution >= 0.6 is 0 Å². The normalized spacial score (nSPS) is 24.3. The van der Waals surface area contributed by atoms with E-state index >= 15 is 0 Å². The Morgan fingerprint density at radius 1 is 1.39 bits per heavy atom. The maximum atomic E-state index is 11.0. The summed E-state index contributed by atoms with van der Waals surface area (Å²) >= 11 is 0. The molecule has 1 fully saturated rings. The van der Waals surface area contributed by atoms with Crippen LogP contribution in [0.1, 0.15) is 52.9 Å². The number of carboxylic acid groups (broad SMARTS) is 1. The van der Waals surface area contributed by atoms with Gasteiger partial charge in [0.1, 0.15) is 0 Å². The molecule has 1 saturated carbocycles. The van der Waals surface area contributed by atoms with Gasteiger partial charge in [0.15, 0.2) is 0 Å². The number of allylic oxidation sites excluding steroid dienone is 1. The van der Waals surface area contributed by atoms with Gasteiger partial charge in [-0.1, -0.05) is 51.6 Å². The molecule has 0 spiro atoms. The second-order valence-corrected chi connectivity index (χ2v) is 12.5. The second kappa shape index (κ2) is 5.60. The van der Waals surface area contributed by atoms with E-state index in [1.165, 1.54) is 18.4 Å². The number of rotatable bonds is 3. The van der Waals surface area contributed by atoms with Crippen molar-refractivity contribution in [2.75, 3.05) is 0 Å². The summed E-state index contributed by atoms with van der Waals surface area (Å²) in [6.07, 6.45) is 4.92. The molecule has 1 atom stereocenters. The fourth-order valence-corrected chi connectivity index (χ4v) is 4.16. The smallest absolute Gasteiger partial charge is 0.303 e. The molecular weight excluding hydrogens is 240 g/mol. The van der Waals surface area contributed by atoms with Crippen LogP contribution in [0.3, 0.4) is 0 Å². The molecule has 18 heavy (non-hydrogen) atoms. The van der Waals surface area contributed by atoms with Gasteiger partial charge in [0.25, 0.3) is 0 Å². The molecule has 0 aromatic heterocycles. The molecule has 0 aromatic carbocycles. The highest BCUT2D eigenvalue weighted by atomic mass is 28.3. The topological polar surface area (TPSA) is 37.3 Å². The molecule has 0 amide bonds. The van der Waals surface area contributed by atoms with Crippen LogP contribution in [0.4, 0.5) is 0 Å². The lowest BCUT2D eigenvalue weighted by molar-refractivity contribution is -0.137. The van der Waals surface area contributed by atoms with Gasteiger partial charge in [0, 0.05) is 0 Å². The highest BCUT2D eigenvalue weighted by molar-refractivity contribution is 6.84. The third kappa shape index (κ3) is 3.97. The standard InChI is InChI=1S/C15H28O2Si/c1-15(2,3)18(4,5)11-13-9-7-6-8-12(13)10-14(16)17/h11-12H,6-10H2,1-5H3,(H,16,17)/b13-11-. The van der Waals surface area contributed by atoms with E-state index < -0.39 is 14.0 Å². The molecule has 0 heterocycles. The first kappa shape index (κ1) is 15.5. The van der Waals surface area contributed by atoms with Crippen molar-refractivity contribution in [3.8, 4) is 0 Å². The van der Waals surface area contributed by atoms with Crippen LogP contribution < -0.4 is 0 Å². The summed E-state index contributed by atoms with van der Waals surface area (Å²) in [7, 11) is -1.44. The molecule has 1 aliphatic carbocycles. The number of aliphatic carboxylic acids is 1. The van der Waals surface area contributed by atoms with E-state index in [2.05, 4.69) is 39.6 Å². The first-order chi connectivity index (χ1) is 8.13. The van der Waals surface area contributed by atoms with Crippen LogP contribution in [-0.2, 0) is 4.79 Å². The Kier molecular flexibility index (Phi) is 4.82. The molecule has 1 unspecified atom stereocenters. The Morgan fingerprint density at radius 3 is 2.50 bits per heavy atom. The van der Waals surface area contributed by atoms with Gasteiger partial charge >= 0.3 is 5.97 Å². The van der Waals surface area contributed by atoms with Gasteiger partial charge in [-0.2, -0.15) is 0 Å². The van der Waals surface area contributed by atoms with Crippen molar-refractivity contribution in [1.29, 1.82) is 0 Å². The van der Waals surface area contributed by atoms with Gasteiger partial charge in [-0.05, 0) is 30.2 Å². The van der Waals surface area contributed by atoms with Gasteiger partial charge < -0.3 is 5.11 Å². The second-order valence-electron chi connectivity index (χ2n) is 7.23. The van der Waals surface area contributed by atoms with E-state index in [9.17, 15) is 4.79 Å². The fraction of sp³-hybridized carbons (Fsp3) is 0.800. The number of hydrogen-bond donors (Lipinski definition) is 1. The molecule has 1 rings (SSSR count). The zero-order valence-electron chi connectivity index (χ0n) is 12.5. The van der Waals surface area contributed by atoms with E-state index in [4.69, 9.17) is 5.11 Å². The zero-order valence-corrected chi connectivity index (χ0v) is 13.5. The predicted molar refractivity (Wildman–Crippen MR) is 79.5 cm³/mol. The molecule has 0 aromatic rings. The highest BCUT2D eigenvalue weighted by Crippen LogP contribution is 2.40. The first-order valence-corrected chi connectivity index (χ1v) is 10.1. The van der Waals surface area contributed by atoms with Crippen molar-refractivity contribution in [2.24, 2.45) is 5.92 Å². The van der Waals surface area contributed by atoms with Crippen LogP contribution in [0.15, 0.2) is 11.3 Å². The van der Waals surface area contributed by atoms with Crippen molar-refractivity contribution in [3.05, 3.63) is 11.3 Å². The van der Waals surface area contributed by atoms with Crippen molar-refractivity contribution in [3.63, 3.8) is 0 Å². The maximum Gasteiger partial charge on any atom is 0.303 e. The Morgan fingerprint density at radius 2 is 2.00 bits per heavy atom. The van der Waals surface area contributed by atoms with E-state index in [1.54, 1.807) is 0 Å². The van der Waals surface area contributed by atoms with Crippen molar-refractivity contribution < 1.29 is 9.90 Å². The van der Waals surface area contributed by atoms with E-state index in [1.807, 2.05) is 0 Å². The minimum atomic E-state index is -1.44. The first-order valence-electron chi connectivity index (χ1n) is 7.07. The summed E-state index contributed by atoms with van der Waals surface area (Å²) in [5.41, 5.74) is 3.94. The SMILES string of the molecule is CC(C)(C)[Si](C)(C)/C=C1/CCCCC1CC(=O)O. The molecule has 0 aliphatic heterocycles. The molecule has 104 valence electrons. The van der Waals surface area contributed by atoms with Crippen LogP contribution in [0.25, 0.3) is 0 Å². The van der Waals surface area contributed by atoms with Gasteiger partial charge in [0.2, 0.25) is 0 Å². The van der Waals surface area contributed by atoms with Gasteiger partial charge in [-0.25, -0.2) is 0 Å². The molecule has 1 N–H and O–H groups in total. The van der Waals surface area contributed by atoms with E-state index in [-0.39, 0.29) is 0 Å². The lowest BCUT2D eigenvalue weighted by Gasteiger charge is -2.37. The van der Waals surface area contributed by atoms with Crippen molar-refractivity contribution >= 4 is 14.0 Å². The summed E-state index contributed by atoms with van der Waals surface area (Å²) in [5.74, 6) is -0.353. The minimum absolute atomic E-state index is 0.297. The lowest BCUT2D eigenvalue weighted by Crippen LogP contribution is -2.36. The van der Waals surface area contributed by atoms with E-state index in [0.717, 1.165) is 12.8 Å². The quantitative estimate of drug-likeness (QED) is 0.758. The predicted octanol–water partition coefficient (Wildman–Crippen LogP) is 4.63. The largest absolute Gasteiger partial charge is 0.481 e. The van der Waals surface area contributed by atoms with E-state index in [0.29, 0.717) is 17.4 Å². The van der Waals surface area contributed by atoms with Gasteiger partial charge in [-0.15, -0.1) is 0 Å². The fourth-order valence-electron chi connectivity index (χ4n) is 2.42. The maximum absolute atomic E-state index is 11.0. The van der Waals surface area contributed by atoms with Gasteiger partial charge in [-0.3, -0.25) is 4.79 Å². The third-order valence-electron chi connectivity index (χ3n) is 4.69. The number of carbonyl (C=O) groups is 1. The lowest BCUT2D eigenvalue weighted by atomic mass is 9.83. The molecule has 2 nitrogen and oxygen atoms in total. The van der Waals surface area contributed by atoms with Crippen molar-refractivity contribution in [1.82, 2.24) is 0 Å². The Balaban J connectivity index is 2.92.